The van der Waals surface area contributed by atoms with Gasteiger partial charge in [0.05, 0.1) is 10.7 Å². The number of aliphatic imine (C=N–C) groups is 1. The van der Waals surface area contributed by atoms with E-state index in [1.807, 2.05) is 6.92 Å². The molecule has 4 nitrogen and oxygen atoms in total. The third-order valence-electron chi connectivity index (χ3n) is 3.99. The number of benzene rings is 1. The molecule has 0 bridgehead atoms. The minimum absolute atomic E-state index is 0.497. The SMILES string of the molecule is CCNC(=NCCc1csc(C)n1)NC1CC1c1ccccc1. The summed E-state index contributed by atoms with van der Waals surface area (Å²) >= 11 is 1.70. The summed E-state index contributed by atoms with van der Waals surface area (Å²) in [5.41, 5.74) is 2.56. The van der Waals surface area contributed by atoms with Crippen LogP contribution in [0.25, 0.3) is 0 Å². The van der Waals surface area contributed by atoms with Gasteiger partial charge in [-0.05, 0) is 25.8 Å². The van der Waals surface area contributed by atoms with Crippen molar-refractivity contribution < 1.29 is 0 Å². The number of aromatic nitrogens is 1. The Balaban J connectivity index is 1.52. The molecular formula is C18H24N4S. The number of nitrogens with zero attached hydrogens (tertiary/aromatic N) is 2. The molecule has 1 saturated carbocycles. The van der Waals surface area contributed by atoms with Crippen LogP contribution in [-0.2, 0) is 6.42 Å². The molecule has 1 aliphatic rings. The van der Waals surface area contributed by atoms with Gasteiger partial charge in [0.15, 0.2) is 5.96 Å². The lowest BCUT2D eigenvalue weighted by Crippen LogP contribution is -2.39. The van der Waals surface area contributed by atoms with Gasteiger partial charge in [-0.2, -0.15) is 0 Å². The summed E-state index contributed by atoms with van der Waals surface area (Å²) in [5.74, 6) is 1.53. The van der Waals surface area contributed by atoms with E-state index >= 15 is 0 Å². The van der Waals surface area contributed by atoms with Crippen LogP contribution in [0.3, 0.4) is 0 Å². The molecule has 1 fully saturated rings. The number of hydrogen-bond acceptors (Lipinski definition) is 3. The second-order valence-corrected chi connectivity index (χ2v) is 6.93. The summed E-state index contributed by atoms with van der Waals surface area (Å²) in [4.78, 5) is 9.17. The lowest BCUT2D eigenvalue weighted by atomic mass is 10.1. The lowest BCUT2D eigenvalue weighted by Gasteiger charge is -2.11. The van der Waals surface area contributed by atoms with Crippen molar-refractivity contribution in [2.45, 2.75) is 38.6 Å². The topological polar surface area (TPSA) is 49.3 Å². The van der Waals surface area contributed by atoms with Gasteiger partial charge in [0.25, 0.3) is 0 Å². The number of rotatable bonds is 6. The Morgan fingerprint density at radius 1 is 1.35 bits per heavy atom. The first-order valence-corrected chi connectivity index (χ1v) is 9.15. The van der Waals surface area contributed by atoms with E-state index in [1.54, 1.807) is 11.3 Å². The van der Waals surface area contributed by atoms with Crippen LogP contribution in [0.5, 0.6) is 0 Å². The van der Waals surface area contributed by atoms with Gasteiger partial charge in [-0.3, -0.25) is 4.99 Å². The molecule has 1 heterocycles. The summed E-state index contributed by atoms with van der Waals surface area (Å²) in [6.07, 6.45) is 2.08. The first kappa shape index (κ1) is 16.0. The molecular weight excluding hydrogens is 304 g/mol. The zero-order valence-corrected chi connectivity index (χ0v) is 14.6. The van der Waals surface area contributed by atoms with Crippen LogP contribution in [0.15, 0.2) is 40.7 Å². The summed E-state index contributed by atoms with van der Waals surface area (Å²) in [5, 5.41) is 10.1. The Bertz CT molecular complexity index is 650. The van der Waals surface area contributed by atoms with Gasteiger partial charge in [0.2, 0.25) is 0 Å². The molecule has 122 valence electrons. The second-order valence-electron chi connectivity index (χ2n) is 5.87. The Kier molecular flexibility index (Phi) is 5.28. The lowest BCUT2D eigenvalue weighted by molar-refractivity contribution is 0.790. The van der Waals surface area contributed by atoms with Gasteiger partial charge in [0.1, 0.15) is 0 Å². The van der Waals surface area contributed by atoms with Gasteiger partial charge in [-0.1, -0.05) is 30.3 Å². The quantitative estimate of drug-likeness (QED) is 0.633. The first-order valence-electron chi connectivity index (χ1n) is 8.27. The molecule has 0 radical (unpaired) electrons. The Hall–Kier alpha value is -1.88. The van der Waals surface area contributed by atoms with E-state index in [0.717, 1.165) is 36.2 Å². The predicted molar refractivity (Wildman–Crippen MR) is 97.3 cm³/mol. The van der Waals surface area contributed by atoms with E-state index in [1.165, 1.54) is 12.0 Å². The third-order valence-corrected chi connectivity index (χ3v) is 4.81. The van der Waals surface area contributed by atoms with Crippen molar-refractivity contribution >= 4 is 17.3 Å². The highest BCUT2D eigenvalue weighted by Gasteiger charge is 2.38. The highest BCUT2D eigenvalue weighted by atomic mass is 32.1. The van der Waals surface area contributed by atoms with Crippen molar-refractivity contribution in [3.8, 4) is 0 Å². The van der Waals surface area contributed by atoms with Crippen molar-refractivity contribution in [1.82, 2.24) is 15.6 Å². The molecule has 1 aromatic heterocycles. The van der Waals surface area contributed by atoms with E-state index < -0.39 is 0 Å². The fourth-order valence-corrected chi connectivity index (χ4v) is 3.37. The zero-order valence-electron chi connectivity index (χ0n) is 13.7. The van der Waals surface area contributed by atoms with Crippen molar-refractivity contribution in [1.29, 1.82) is 0 Å². The summed E-state index contributed by atoms with van der Waals surface area (Å²) in [7, 11) is 0. The van der Waals surface area contributed by atoms with Crippen molar-refractivity contribution in [3.05, 3.63) is 52.0 Å². The van der Waals surface area contributed by atoms with E-state index in [-0.39, 0.29) is 0 Å². The van der Waals surface area contributed by atoms with Gasteiger partial charge in [0, 0.05) is 36.9 Å². The van der Waals surface area contributed by atoms with Crippen LogP contribution >= 0.6 is 11.3 Å². The summed E-state index contributed by atoms with van der Waals surface area (Å²) in [6, 6.07) is 11.2. The van der Waals surface area contributed by atoms with Crippen LogP contribution in [0, 0.1) is 6.92 Å². The maximum absolute atomic E-state index is 4.69. The number of aryl methyl sites for hydroxylation is 1. The molecule has 2 atom stereocenters. The van der Waals surface area contributed by atoms with Crippen LogP contribution in [-0.4, -0.2) is 30.1 Å². The molecule has 3 rings (SSSR count). The second kappa shape index (κ2) is 7.59. The van der Waals surface area contributed by atoms with E-state index in [0.29, 0.717) is 12.0 Å². The van der Waals surface area contributed by atoms with Crippen molar-refractivity contribution in [2.24, 2.45) is 4.99 Å². The van der Waals surface area contributed by atoms with Crippen LogP contribution in [0.4, 0.5) is 0 Å². The third kappa shape index (κ3) is 4.55. The average Bonchev–Trinajstić information content (AvgIpc) is 3.21. The fraction of sp³-hybridized carbons (Fsp3) is 0.444. The fourth-order valence-electron chi connectivity index (χ4n) is 2.72. The first-order chi connectivity index (χ1) is 11.3. The smallest absolute Gasteiger partial charge is 0.191 e. The molecule has 0 saturated heterocycles. The maximum Gasteiger partial charge on any atom is 0.191 e. The van der Waals surface area contributed by atoms with E-state index in [4.69, 9.17) is 0 Å². The van der Waals surface area contributed by atoms with Crippen molar-refractivity contribution in [2.75, 3.05) is 13.1 Å². The maximum atomic E-state index is 4.69. The Morgan fingerprint density at radius 3 is 2.87 bits per heavy atom. The van der Waals surface area contributed by atoms with Crippen LogP contribution < -0.4 is 10.6 Å². The highest BCUT2D eigenvalue weighted by molar-refractivity contribution is 7.09. The minimum atomic E-state index is 0.497. The number of nitrogens with one attached hydrogen (secondary N) is 2. The molecule has 2 aromatic rings. The average molecular weight is 328 g/mol. The monoisotopic (exact) mass is 328 g/mol. The van der Waals surface area contributed by atoms with Gasteiger partial charge >= 0.3 is 0 Å². The normalized spacial score (nSPS) is 20.3. The van der Waals surface area contributed by atoms with Crippen molar-refractivity contribution in [3.63, 3.8) is 0 Å². The summed E-state index contributed by atoms with van der Waals surface area (Å²) in [6.45, 7) is 5.79. The molecule has 2 unspecified atom stereocenters. The van der Waals surface area contributed by atoms with E-state index in [9.17, 15) is 0 Å². The molecule has 1 aliphatic carbocycles. The zero-order chi connectivity index (χ0) is 16.1. The number of thiazole rings is 1. The number of hydrogen-bond donors (Lipinski definition) is 2. The molecule has 1 aromatic carbocycles. The van der Waals surface area contributed by atoms with Gasteiger partial charge in [-0.25, -0.2) is 4.98 Å². The molecule has 23 heavy (non-hydrogen) atoms. The van der Waals surface area contributed by atoms with E-state index in [2.05, 4.69) is 63.2 Å². The largest absolute Gasteiger partial charge is 0.357 e. The van der Waals surface area contributed by atoms with Gasteiger partial charge < -0.3 is 10.6 Å². The van der Waals surface area contributed by atoms with Gasteiger partial charge in [-0.15, -0.1) is 11.3 Å². The molecule has 2 N–H and O–H groups in total. The minimum Gasteiger partial charge on any atom is -0.357 e. The Labute approximate surface area is 142 Å². The molecule has 0 amide bonds. The van der Waals surface area contributed by atoms with Crippen LogP contribution in [0.2, 0.25) is 0 Å². The summed E-state index contributed by atoms with van der Waals surface area (Å²) < 4.78 is 0. The number of guanidine groups is 1. The molecule has 0 spiro atoms. The van der Waals surface area contributed by atoms with Crippen LogP contribution in [0.1, 0.15) is 35.5 Å². The molecule has 5 heteroatoms. The highest BCUT2D eigenvalue weighted by Crippen LogP contribution is 2.40. The molecule has 0 aliphatic heterocycles. The predicted octanol–water partition coefficient (Wildman–Crippen LogP) is 3.11. The Morgan fingerprint density at radius 2 is 2.17 bits per heavy atom. The standard InChI is InChI=1S/C18H24N4S/c1-3-19-18(20-10-9-15-12-23-13(2)21-15)22-17-11-16(17)14-7-5-4-6-8-14/h4-8,12,16-17H,3,9-11H2,1-2H3,(H2,19,20,22).